The summed E-state index contributed by atoms with van der Waals surface area (Å²) in [7, 11) is 0. The van der Waals surface area contributed by atoms with Crippen LogP contribution in [0.5, 0.6) is 5.75 Å². The molecule has 1 aromatic heterocycles. The van der Waals surface area contributed by atoms with E-state index in [-0.39, 0.29) is 11.9 Å². The van der Waals surface area contributed by atoms with Crippen LogP contribution in [0.2, 0.25) is 0 Å². The summed E-state index contributed by atoms with van der Waals surface area (Å²) in [6.07, 6.45) is 0.902. The fraction of sp³-hybridized carbons (Fsp3) is 0.375. The summed E-state index contributed by atoms with van der Waals surface area (Å²) in [6, 6.07) is 8.01. The molecule has 0 spiro atoms. The van der Waals surface area contributed by atoms with E-state index in [1.165, 1.54) is 11.3 Å². The van der Waals surface area contributed by atoms with Gasteiger partial charge in [-0.1, -0.05) is 25.1 Å². The zero-order valence-corrected chi connectivity index (χ0v) is 13.4. The lowest BCUT2D eigenvalue weighted by Crippen LogP contribution is -2.32. The largest absolute Gasteiger partial charge is 0.486 e. The monoisotopic (exact) mass is 304 g/mol. The van der Waals surface area contributed by atoms with Gasteiger partial charge in [0.05, 0.1) is 0 Å². The molecule has 0 saturated carbocycles. The molecule has 1 amide bonds. The molecule has 1 aromatic carbocycles. The third-order valence-corrected chi connectivity index (χ3v) is 4.04. The SMILES string of the molecule is CC[C@@H](C)NC(=O)c1csc(COc2ccccc2C)n1. The van der Waals surface area contributed by atoms with Gasteiger partial charge in [-0.2, -0.15) is 0 Å². The van der Waals surface area contributed by atoms with Crippen LogP contribution >= 0.6 is 11.3 Å². The van der Waals surface area contributed by atoms with E-state index in [0.29, 0.717) is 12.3 Å². The smallest absolute Gasteiger partial charge is 0.270 e. The standard InChI is InChI=1S/C16H20N2O2S/c1-4-12(3)17-16(19)13-10-21-15(18-13)9-20-14-8-6-5-7-11(14)2/h5-8,10,12H,4,9H2,1-3H3,(H,17,19)/t12-/m1/s1. The van der Waals surface area contributed by atoms with E-state index in [0.717, 1.165) is 22.7 Å². The third kappa shape index (κ3) is 4.29. The van der Waals surface area contributed by atoms with Gasteiger partial charge in [0, 0.05) is 11.4 Å². The van der Waals surface area contributed by atoms with Crippen LogP contribution in [0.4, 0.5) is 0 Å². The van der Waals surface area contributed by atoms with Gasteiger partial charge < -0.3 is 10.1 Å². The van der Waals surface area contributed by atoms with Crippen molar-refractivity contribution in [2.24, 2.45) is 0 Å². The minimum Gasteiger partial charge on any atom is -0.486 e. The van der Waals surface area contributed by atoms with Crippen molar-refractivity contribution < 1.29 is 9.53 Å². The summed E-state index contributed by atoms with van der Waals surface area (Å²) < 4.78 is 5.73. The predicted molar refractivity (Wildman–Crippen MR) is 84.8 cm³/mol. The molecule has 2 rings (SSSR count). The maximum absolute atomic E-state index is 11.9. The number of nitrogens with zero attached hydrogens (tertiary/aromatic N) is 1. The number of ether oxygens (including phenoxy) is 1. The first kappa shape index (κ1) is 15.5. The molecule has 2 aromatic rings. The Bertz CT molecular complexity index is 610. The topological polar surface area (TPSA) is 51.2 Å². The van der Waals surface area contributed by atoms with Crippen molar-refractivity contribution in [2.45, 2.75) is 39.8 Å². The van der Waals surface area contributed by atoms with Crippen molar-refractivity contribution in [3.8, 4) is 5.75 Å². The van der Waals surface area contributed by atoms with Crippen LogP contribution in [-0.4, -0.2) is 16.9 Å². The molecule has 0 aliphatic rings. The first-order chi connectivity index (χ1) is 10.1. The normalized spacial score (nSPS) is 12.0. The molecular weight excluding hydrogens is 284 g/mol. The minimum absolute atomic E-state index is 0.122. The Balaban J connectivity index is 1.94. The fourth-order valence-electron chi connectivity index (χ4n) is 1.74. The molecule has 0 radical (unpaired) electrons. The predicted octanol–water partition coefficient (Wildman–Crippen LogP) is 3.56. The number of hydrogen-bond acceptors (Lipinski definition) is 4. The summed E-state index contributed by atoms with van der Waals surface area (Å²) in [4.78, 5) is 16.3. The highest BCUT2D eigenvalue weighted by Crippen LogP contribution is 2.19. The Morgan fingerprint density at radius 1 is 1.43 bits per heavy atom. The van der Waals surface area contributed by atoms with Crippen LogP contribution in [0.25, 0.3) is 0 Å². The number of nitrogens with one attached hydrogen (secondary N) is 1. The number of hydrogen-bond donors (Lipinski definition) is 1. The lowest BCUT2D eigenvalue weighted by molar-refractivity contribution is 0.0934. The zero-order valence-electron chi connectivity index (χ0n) is 12.6. The van der Waals surface area contributed by atoms with Gasteiger partial charge in [0.1, 0.15) is 23.1 Å². The molecule has 112 valence electrons. The maximum atomic E-state index is 11.9. The van der Waals surface area contributed by atoms with E-state index in [2.05, 4.69) is 10.3 Å². The lowest BCUT2D eigenvalue weighted by atomic mass is 10.2. The Labute approximate surface area is 129 Å². The number of amides is 1. The first-order valence-electron chi connectivity index (χ1n) is 7.03. The summed E-state index contributed by atoms with van der Waals surface area (Å²) >= 11 is 1.44. The van der Waals surface area contributed by atoms with Gasteiger partial charge in [-0.25, -0.2) is 4.98 Å². The molecule has 1 N–H and O–H groups in total. The second-order valence-corrected chi connectivity index (χ2v) is 5.91. The third-order valence-electron chi connectivity index (χ3n) is 3.22. The highest BCUT2D eigenvalue weighted by Gasteiger charge is 2.13. The van der Waals surface area contributed by atoms with Crippen LogP contribution in [0, 0.1) is 6.92 Å². The average molecular weight is 304 g/mol. The molecule has 5 heteroatoms. The highest BCUT2D eigenvalue weighted by molar-refractivity contribution is 7.09. The number of rotatable bonds is 6. The number of aryl methyl sites for hydroxylation is 1. The number of aromatic nitrogens is 1. The second kappa shape index (κ2) is 7.22. The fourth-order valence-corrected chi connectivity index (χ4v) is 2.42. The number of carbonyl (C=O) groups excluding carboxylic acids is 1. The van der Waals surface area contributed by atoms with Crippen molar-refractivity contribution in [1.82, 2.24) is 10.3 Å². The minimum atomic E-state index is -0.122. The van der Waals surface area contributed by atoms with Crippen LogP contribution in [0.15, 0.2) is 29.6 Å². The van der Waals surface area contributed by atoms with Gasteiger partial charge in [-0.05, 0) is 31.9 Å². The van der Waals surface area contributed by atoms with Gasteiger partial charge in [-0.15, -0.1) is 11.3 Å². The molecule has 0 bridgehead atoms. The van der Waals surface area contributed by atoms with Gasteiger partial charge in [0.25, 0.3) is 5.91 Å². The molecule has 1 atom stereocenters. The second-order valence-electron chi connectivity index (χ2n) is 4.96. The molecule has 0 aliphatic carbocycles. The molecule has 0 aliphatic heterocycles. The van der Waals surface area contributed by atoms with E-state index >= 15 is 0 Å². The van der Waals surface area contributed by atoms with E-state index in [1.807, 2.05) is 45.0 Å². The first-order valence-corrected chi connectivity index (χ1v) is 7.91. The molecular formula is C16H20N2O2S. The lowest BCUT2D eigenvalue weighted by Gasteiger charge is -2.09. The summed E-state index contributed by atoms with van der Waals surface area (Å²) in [5.41, 5.74) is 1.55. The maximum Gasteiger partial charge on any atom is 0.270 e. The van der Waals surface area contributed by atoms with Gasteiger partial charge in [-0.3, -0.25) is 4.79 Å². The molecule has 0 unspecified atom stereocenters. The van der Waals surface area contributed by atoms with E-state index < -0.39 is 0 Å². The molecule has 4 nitrogen and oxygen atoms in total. The van der Waals surface area contributed by atoms with E-state index in [9.17, 15) is 4.79 Å². The van der Waals surface area contributed by atoms with Gasteiger partial charge in [0.2, 0.25) is 0 Å². The van der Waals surface area contributed by atoms with Crippen molar-refractivity contribution >= 4 is 17.2 Å². The summed E-state index contributed by atoms with van der Waals surface area (Å²) in [5, 5.41) is 5.48. The Morgan fingerprint density at radius 2 is 2.19 bits per heavy atom. The Kier molecular flexibility index (Phi) is 5.33. The van der Waals surface area contributed by atoms with Crippen molar-refractivity contribution in [1.29, 1.82) is 0 Å². The number of benzene rings is 1. The molecule has 0 saturated heterocycles. The summed E-state index contributed by atoms with van der Waals surface area (Å²) in [5.74, 6) is 0.723. The number of carbonyl (C=O) groups is 1. The molecule has 21 heavy (non-hydrogen) atoms. The van der Waals surface area contributed by atoms with Gasteiger partial charge in [0.15, 0.2) is 0 Å². The van der Waals surface area contributed by atoms with E-state index in [4.69, 9.17) is 4.74 Å². The molecule has 1 heterocycles. The van der Waals surface area contributed by atoms with Gasteiger partial charge >= 0.3 is 0 Å². The van der Waals surface area contributed by atoms with Crippen molar-refractivity contribution in [3.05, 3.63) is 45.9 Å². The number of para-hydroxylation sites is 1. The van der Waals surface area contributed by atoms with Crippen LogP contribution in [0.1, 0.15) is 41.3 Å². The average Bonchev–Trinajstić information content (AvgIpc) is 2.95. The van der Waals surface area contributed by atoms with Crippen molar-refractivity contribution in [3.63, 3.8) is 0 Å². The van der Waals surface area contributed by atoms with Crippen LogP contribution in [0.3, 0.4) is 0 Å². The van der Waals surface area contributed by atoms with Crippen LogP contribution < -0.4 is 10.1 Å². The van der Waals surface area contributed by atoms with Crippen molar-refractivity contribution in [2.75, 3.05) is 0 Å². The quantitative estimate of drug-likeness (QED) is 0.887. The zero-order chi connectivity index (χ0) is 15.2. The Morgan fingerprint density at radius 3 is 2.90 bits per heavy atom. The number of thiazole rings is 1. The van der Waals surface area contributed by atoms with E-state index in [1.54, 1.807) is 5.38 Å². The molecule has 0 fully saturated rings. The van der Waals surface area contributed by atoms with Crippen LogP contribution in [-0.2, 0) is 6.61 Å². The highest BCUT2D eigenvalue weighted by atomic mass is 32.1. The summed E-state index contributed by atoms with van der Waals surface area (Å²) in [6.45, 7) is 6.40. The Hall–Kier alpha value is -1.88.